The van der Waals surface area contributed by atoms with Crippen LogP contribution in [-0.4, -0.2) is 27.9 Å². The molecule has 1 aliphatic rings. The molecule has 116 valence electrons. The molecule has 22 heavy (non-hydrogen) atoms. The number of carbonyl (C=O) groups excluding carboxylic acids is 1. The summed E-state index contributed by atoms with van der Waals surface area (Å²) in [4.78, 5) is 35.2. The normalized spacial score (nSPS) is 16.2. The van der Waals surface area contributed by atoms with E-state index in [2.05, 4.69) is 0 Å². The molecule has 0 spiro atoms. The molecule has 0 aliphatic heterocycles. The lowest BCUT2D eigenvalue weighted by atomic mass is 9.89. The zero-order valence-electron chi connectivity index (χ0n) is 12.1. The summed E-state index contributed by atoms with van der Waals surface area (Å²) < 4.78 is 0. The van der Waals surface area contributed by atoms with Crippen LogP contribution in [-0.2, 0) is 9.59 Å². The number of carboxylic acid groups (broad SMARTS) is 2. The number of hydrogen-bond donors (Lipinski definition) is 2. The molecule has 5 heteroatoms. The largest absolute Gasteiger partial charge is 0.478 e. The maximum atomic E-state index is 12.2. The molecule has 1 fully saturated rings. The summed E-state index contributed by atoms with van der Waals surface area (Å²) in [7, 11) is 0. The Hall–Kier alpha value is -2.43. The molecule has 2 N–H and O–H groups in total. The average molecular weight is 302 g/mol. The minimum Gasteiger partial charge on any atom is -0.478 e. The number of carbonyl (C=O) groups is 3. The molecule has 1 saturated carbocycles. The van der Waals surface area contributed by atoms with Crippen molar-refractivity contribution in [2.24, 2.45) is 5.92 Å². The highest BCUT2D eigenvalue weighted by Crippen LogP contribution is 2.34. The number of benzene rings is 1. The maximum absolute atomic E-state index is 12.2. The predicted molar refractivity (Wildman–Crippen MR) is 79.6 cm³/mol. The van der Waals surface area contributed by atoms with Gasteiger partial charge in [-0.25, -0.2) is 9.59 Å². The lowest BCUT2D eigenvalue weighted by molar-refractivity contribution is -0.136. The van der Waals surface area contributed by atoms with Crippen molar-refractivity contribution in [3.8, 4) is 0 Å². The first-order valence-electron chi connectivity index (χ1n) is 7.28. The average Bonchev–Trinajstić information content (AvgIpc) is 3.00. The second-order valence-electron chi connectivity index (χ2n) is 5.45. The van der Waals surface area contributed by atoms with E-state index in [0.717, 1.165) is 12.8 Å². The fourth-order valence-electron chi connectivity index (χ4n) is 2.94. The molecule has 0 atom stereocenters. The Kier molecular flexibility index (Phi) is 5.09. The standard InChI is InChI=1S/C17H18O5/c18-14(11-6-2-1-3-7-11)10-13(16(19)20)15(17(21)22)12-8-4-5-9-12/h1-3,6-7,12H,4-5,8-10H2,(H,19,20)(H,21,22). The van der Waals surface area contributed by atoms with Gasteiger partial charge in [-0.1, -0.05) is 43.2 Å². The van der Waals surface area contributed by atoms with E-state index in [1.54, 1.807) is 30.3 Å². The highest BCUT2D eigenvalue weighted by atomic mass is 16.4. The van der Waals surface area contributed by atoms with Crippen LogP contribution in [0.25, 0.3) is 0 Å². The van der Waals surface area contributed by atoms with Gasteiger partial charge in [0.05, 0.1) is 11.1 Å². The Bertz CT molecular complexity index is 609. The Morgan fingerprint density at radius 2 is 1.55 bits per heavy atom. The van der Waals surface area contributed by atoms with Gasteiger partial charge >= 0.3 is 11.9 Å². The molecular formula is C17H18O5. The number of aliphatic carboxylic acids is 2. The van der Waals surface area contributed by atoms with Gasteiger partial charge in [0.2, 0.25) is 0 Å². The van der Waals surface area contributed by atoms with Gasteiger partial charge in [0.15, 0.2) is 5.78 Å². The molecule has 1 aliphatic carbocycles. The van der Waals surface area contributed by atoms with Gasteiger partial charge in [0.25, 0.3) is 0 Å². The van der Waals surface area contributed by atoms with E-state index in [-0.39, 0.29) is 22.8 Å². The zero-order chi connectivity index (χ0) is 16.1. The van der Waals surface area contributed by atoms with E-state index < -0.39 is 18.4 Å². The molecule has 0 amide bonds. The van der Waals surface area contributed by atoms with E-state index >= 15 is 0 Å². The van der Waals surface area contributed by atoms with Crippen LogP contribution in [0.3, 0.4) is 0 Å². The lowest BCUT2D eigenvalue weighted by Gasteiger charge is -2.14. The van der Waals surface area contributed by atoms with Crippen LogP contribution in [0.5, 0.6) is 0 Å². The quantitative estimate of drug-likeness (QED) is 0.622. The van der Waals surface area contributed by atoms with Crippen molar-refractivity contribution < 1.29 is 24.6 Å². The van der Waals surface area contributed by atoms with Gasteiger partial charge in [-0.3, -0.25) is 4.79 Å². The molecule has 0 aromatic heterocycles. The van der Waals surface area contributed by atoms with E-state index in [4.69, 9.17) is 0 Å². The summed E-state index contributed by atoms with van der Waals surface area (Å²) in [6.07, 6.45) is 2.72. The molecule has 2 rings (SSSR count). The van der Waals surface area contributed by atoms with E-state index in [1.165, 1.54) is 0 Å². The summed E-state index contributed by atoms with van der Waals surface area (Å²) in [5, 5.41) is 18.8. The van der Waals surface area contributed by atoms with E-state index in [0.29, 0.717) is 18.4 Å². The number of ketones is 1. The van der Waals surface area contributed by atoms with Crippen LogP contribution in [0.15, 0.2) is 41.5 Å². The molecule has 5 nitrogen and oxygen atoms in total. The second-order valence-corrected chi connectivity index (χ2v) is 5.45. The van der Waals surface area contributed by atoms with E-state index in [9.17, 15) is 24.6 Å². The summed E-state index contributed by atoms with van der Waals surface area (Å²) >= 11 is 0. The Morgan fingerprint density at radius 1 is 0.955 bits per heavy atom. The molecule has 0 radical (unpaired) electrons. The summed E-state index contributed by atoms with van der Waals surface area (Å²) in [5.74, 6) is -3.21. The minimum absolute atomic E-state index is 0.103. The van der Waals surface area contributed by atoms with Crippen LogP contribution >= 0.6 is 0 Å². The molecule has 0 unspecified atom stereocenters. The van der Waals surface area contributed by atoms with Crippen molar-refractivity contribution in [3.63, 3.8) is 0 Å². The van der Waals surface area contributed by atoms with Crippen molar-refractivity contribution in [1.82, 2.24) is 0 Å². The number of Topliss-reactive ketones (excluding diaryl/α,β-unsaturated/α-hetero) is 1. The van der Waals surface area contributed by atoms with Crippen molar-refractivity contribution in [2.45, 2.75) is 32.1 Å². The monoisotopic (exact) mass is 302 g/mol. The molecule has 1 aromatic rings. The lowest BCUT2D eigenvalue weighted by Crippen LogP contribution is -2.19. The molecule has 0 bridgehead atoms. The third-order valence-electron chi connectivity index (χ3n) is 4.01. The van der Waals surface area contributed by atoms with Gasteiger partial charge in [0, 0.05) is 12.0 Å². The van der Waals surface area contributed by atoms with Gasteiger partial charge in [-0.15, -0.1) is 0 Å². The Labute approximate surface area is 128 Å². The SMILES string of the molecule is O=C(O)C(CC(=O)c1ccccc1)=C(C(=O)O)C1CCCC1. The smallest absolute Gasteiger partial charge is 0.332 e. The van der Waals surface area contributed by atoms with Crippen molar-refractivity contribution in [1.29, 1.82) is 0 Å². The van der Waals surface area contributed by atoms with Crippen molar-refractivity contribution >= 4 is 17.7 Å². The van der Waals surface area contributed by atoms with Gasteiger partial charge in [-0.2, -0.15) is 0 Å². The summed E-state index contributed by atoms with van der Waals surface area (Å²) in [6, 6.07) is 8.32. The van der Waals surface area contributed by atoms with Gasteiger partial charge < -0.3 is 10.2 Å². The highest BCUT2D eigenvalue weighted by Gasteiger charge is 2.31. The fourth-order valence-corrected chi connectivity index (χ4v) is 2.94. The molecule has 0 saturated heterocycles. The van der Waals surface area contributed by atoms with Crippen LogP contribution in [0, 0.1) is 5.92 Å². The minimum atomic E-state index is -1.33. The highest BCUT2D eigenvalue weighted by molar-refractivity contribution is 6.07. The zero-order valence-corrected chi connectivity index (χ0v) is 12.1. The second kappa shape index (κ2) is 7.02. The van der Waals surface area contributed by atoms with Crippen LogP contribution < -0.4 is 0 Å². The molecule has 0 heterocycles. The first-order chi connectivity index (χ1) is 10.5. The fraction of sp³-hybridized carbons (Fsp3) is 0.353. The first kappa shape index (κ1) is 15.9. The van der Waals surface area contributed by atoms with Crippen LogP contribution in [0.1, 0.15) is 42.5 Å². The van der Waals surface area contributed by atoms with E-state index in [1.807, 2.05) is 0 Å². The molecule has 1 aromatic carbocycles. The van der Waals surface area contributed by atoms with Crippen molar-refractivity contribution in [2.75, 3.05) is 0 Å². The van der Waals surface area contributed by atoms with Crippen molar-refractivity contribution in [3.05, 3.63) is 47.0 Å². The number of hydrogen-bond acceptors (Lipinski definition) is 3. The predicted octanol–water partition coefficient (Wildman–Crippen LogP) is 2.92. The first-order valence-corrected chi connectivity index (χ1v) is 7.28. The Balaban J connectivity index is 2.35. The summed E-state index contributed by atoms with van der Waals surface area (Å²) in [6.45, 7) is 0. The number of rotatable bonds is 6. The van der Waals surface area contributed by atoms with Crippen LogP contribution in [0.4, 0.5) is 0 Å². The summed E-state index contributed by atoms with van der Waals surface area (Å²) in [5.41, 5.74) is -0.0000510. The maximum Gasteiger partial charge on any atom is 0.332 e. The van der Waals surface area contributed by atoms with Crippen LogP contribution in [0.2, 0.25) is 0 Å². The van der Waals surface area contributed by atoms with Gasteiger partial charge in [-0.05, 0) is 18.8 Å². The Morgan fingerprint density at radius 3 is 2.05 bits per heavy atom. The third kappa shape index (κ3) is 3.61. The molecular weight excluding hydrogens is 284 g/mol. The topological polar surface area (TPSA) is 91.7 Å². The number of carboxylic acids is 2. The van der Waals surface area contributed by atoms with Gasteiger partial charge in [0.1, 0.15) is 0 Å². The third-order valence-corrected chi connectivity index (χ3v) is 4.01.